The molecule has 1 radical (unpaired) electrons. The van der Waals surface area contributed by atoms with Gasteiger partial charge >= 0.3 is 0 Å². The zero-order valence-corrected chi connectivity index (χ0v) is 7.53. The molecule has 0 saturated carbocycles. The van der Waals surface area contributed by atoms with Crippen LogP contribution in [0.1, 0.15) is 11.9 Å². The Morgan fingerprint density at radius 1 is 1.36 bits per heavy atom. The third-order valence-electron chi connectivity index (χ3n) is 2.37. The molecule has 2 heterocycles. The van der Waals surface area contributed by atoms with Crippen molar-refractivity contribution in [1.82, 2.24) is 15.8 Å². The van der Waals surface area contributed by atoms with Crippen LogP contribution in [-0.4, -0.2) is 11.7 Å². The highest BCUT2D eigenvalue weighted by molar-refractivity contribution is 5.80. The normalized spacial score (nSPS) is 21.9. The van der Waals surface area contributed by atoms with Crippen LogP contribution in [0.3, 0.4) is 0 Å². The summed E-state index contributed by atoms with van der Waals surface area (Å²) in [5, 5.41) is 4.31. The van der Waals surface area contributed by atoms with Gasteiger partial charge in [0.15, 0.2) is 0 Å². The number of benzene rings is 1. The number of para-hydroxylation sites is 1. The number of fused-ring (bicyclic) bond motifs is 1. The average molecular weight is 188 g/mol. The predicted molar refractivity (Wildman–Crippen MR) is 52.3 cm³/mol. The molecule has 1 atom stereocenters. The van der Waals surface area contributed by atoms with E-state index < -0.39 is 0 Å². The second kappa shape index (κ2) is 3.09. The molecule has 14 heavy (non-hydrogen) atoms. The van der Waals surface area contributed by atoms with Crippen molar-refractivity contribution in [1.29, 1.82) is 0 Å². The summed E-state index contributed by atoms with van der Waals surface area (Å²) in [6.45, 7) is 0.486. The fourth-order valence-corrected chi connectivity index (χ4v) is 1.68. The van der Waals surface area contributed by atoms with Crippen LogP contribution >= 0.6 is 0 Å². The highest BCUT2D eigenvalue weighted by Crippen LogP contribution is 2.20. The second-order valence-corrected chi connectivity index (χ2v) is 3.30. The highest BCUT2D eigenvalue weighted by atomic mass is 16.7. The Labute approximate surface area is 81.2 Å². The summed E-state index contributed by atoms with van der Waals surface area (Å²) in [7, 11) is 0. The van der Waals surface area contributed by atoms with Crippen LogP contribution in [0.5, 0.6) is 0 Å². The van der Waals surface area contributed by atoms with E-state index in [1.54, 1.807) is 0 Å². The van der Waals surface area contributed by atoms with Gasteiger partial charge in [0.2, 0.25) is 0 Å². The fraction of sp³-hybridized carbons (Fsp3) is 0.200. The van der Waals surface area contributed by atoms with Gasteiger partial charge in [0.1, 0.15) is 12.9 Å². The Bertz CT molecular complexity index is 412. The zero-order chi connectivity index (χ0) is 9.38. The maximum Gasteiger partial charge on any atom is 0.145 e. The van der Waals surface area contributed by atoms with E-state index in [0.717, 1.165) is 11.2 Å². The van der Waals surface area contributed by atoms with Crippen molar-refractivity contribution >= 4 is 10.9 Å². The lowest BCUT2D eigenvalue weighted by Crippen LogP contribution is -2.17. The van der Waals surface area contributed by atoms with Gasteiger partial charge in [-0.1, -0.05) is 23.7 Å². The lowest BCUT2D eigenvalue weighted by molar-refractivity contribution is 0.0780. The number of aromatic nitrogens is 1. The minimum Gasteiger partial charge on any atom is -0.356 e. The molecule has 0 bridgehead atoms. The highest BCUT2D eigenvalue weighted by Gasteiger charge is 2.19. The minimum absolute atomic E-state index is 0.0533. The van der Waals surface area contributed by atoms with E-state index >= 15 is 0 Å². The molecule has 1 aliphatic rings. The van der Waals surface area contributed by atoms with Gasteiger partial charge in [0.05, 0.1) is 5.69 Å². The lowest BCUT2D eigenvalue weighted by Gasteiger charge is -2.02. The molecule has 1 aromatic carbocycles. The van der Waals surface area contributed by atoms with Gasteiger partial charge in [-0.25, -0.2) is 0 Å². The first-order valence-electron chi connectivity index (χ1n) is 4.57. The Balaban J connectivity index is 2.05. The van der Waals surface area contributed by atoms with Crippen LogP contribution in [0.25, 0.3) is 10.9 Å². The average Bonchev–Trinajstić information content (AvgIpc) is 2.86. The van der Waals surface area contributed by atoms with Crippen molar-refractivity contribution < 1.29 is 4.84 Å². The summed E-state index contributed by atoms with van der Waals surface area (Å²) < 4.78 is 0. The topological polar surface area (TPSA) is 51.2 Å². The summed E-state index contributed by atoms with van der Waals surface area (Å²) in [5.41, 5.74) is 6.13. The molecule has 0 spiro atoms. The van der Waals surface area contributed by atoms with Gasteiger partial charge in [-0.05, 0) is 17.5 Å². The standard InChI is InChI=1S/C10H10N3O/c1-2-4-8-7(3-1)5-9(12-8)10-11-6-14-13-10/h1-5,10-12H,6H2. The summed E-state index contributed by atoms with van der Waals surface area (Å²) in [5.74, 6) is 0. The third-order valence-corrected chi connectivity index (χ3v) is 2.37. The fourth-order valence-electron chi connectivity index (χ4n) is 1.68. The first-order valence-corrected chi connectivity index (χ1v) is 4.57. The molecule has 4 heteroatoms. The molecule has 1 aliphatic heterocycles. The van der Waals surface area contributed by atoms with E-state index in [1.165, 1.54) is 5.39 Å². The lowest BCUT2D eigenvalue weighted by atomic mass is 10.2. The van der Waals surface area contributed by atoms with E-state index in [1.807, 2.05) is 12.1 Å². The van der Waals surface area contributed by atoms with Crippen molar-refractivity contribution in [2.45, 2.75) is 6.17 Å². The predicted octanol–water partition coefficient (Wildman–Crippen LogP) is 1.26. The second-order valence-electron chi connectivity index (χ2n) is 3.30. The van der Waals surface area contributed by atoms with Crippen LogP contribution in [0, 0.1) is 0 Å². The molecule has 71 valence electrons. The molecular formula is C10H10N3O. The molecule has 1 saturated heterocycles. The Kier molecular flexibility index (Phi) is 1.77. The first kappa shape index (κ1) is 7.99. The number of aromatic amines is 1. The number of rotatable bonds is 1. The summed E-state index contributed by atoms with van der Waals surface area (Å²) >= 11 is 0. The van der Waals surface area contributed by atoms with E-state index in [2.05, 4.69) is 34.0 Å². The molecule has 0 amide bonds. The van der Waals surface area contributed by atoms with E-state index in [-0.39, 0.29) is 6.17 Å². The zero-order valence-electron chi connectivity index (χ0n) is 7.53. The van der Waals surface area contributed by atoms with Crippen molar-refractivity contribution in [2.75, 3.05) is 6.73 Å². The van der Waals surface area contributed by atoms with Gasteiger partial charge in [-0.3, -0.25) is 10.2 Å². The molecule has 2 N–H and O–H groups in total. The van der Waals surface area contributed by atoms with E-state index in [0.29, 0.717) is 6.73 Å². The summed E-state index contributed by atoms with van der Waals surface area (Å²) in [6, 6.07) is 10.2. The summed E-state index contributed by atoms with van der Waals surface area (Å²) in [4.78, 5) is 8.20. The number of hydrogen-bond acceptors (Lipinski definition) is 2. The maximum atomic E-state index is 4.90. The van der Waals surface area contributed by atoms with Gasteiger partial charge < -0.3 is 4.98 Å². The monoisotopic (exact) mass is 188 g/mol. The quantitative estimate of drug-likeness (QED) is 0.708. The van der Waals surface area contributed by atoms with Crippen molar-refractivity contribution in [3.8, 4) is 0 Å². The van der Waals surface area contributed by atoms with Crippen LogP contribution in [-0.2, 0) is 4.84 Å². The first-order chi connectivity index (χ1) is 6.93. The van der Waals surface area contributed by atoms with Gasteiger partial charge in [0.25, 0.3) is 0 Å². The Morgan fingerprint density at radius 2 is 2.29 bits per heavy atom. The maximum absolute atomic E-state index is 4.90. The van der Waals surface area contributed by atoms with Crippen LogP contribution in [0.15, 0.2) is 30.3 Å². The minimum atomic E-state index is -0.0533. The van der Waals surface area contributed by atoms with Gasteiger partial charge in [0, 0.05) is 5.52 Å². The van der Waals surface area contributed by atoms with Crippen molar-refractivity contribution in [3.05, 3.63) is 36.0 Å². The Hall–Kier alpha value is -1.36. The molecule has 2 aromatic rings. The molecule has 0 aliphatic carbocycles. The van der Waals surface area contributed by atoms with Crippen molar-refractivity contribution in [3.63, 3.8) is 0 Å². The van der Waals surface area contributed by atoms with Crippen LogP contribution in [0.4, 0.5) is 0 Å². The SMILES string of the molecule is c1ccc2[nH]c(C3[N]OCN3)cc2c1. The van der Waals surface area contributed by atoms with Gasteiger partial charge in [-0.15, -0.1) is 0 Å². The molecule has 1 unspecified atom stereocenters. The molecule has 3 rings (SSSR count). The molecular weight excluding hydrogens is 178 g/mol. The smallest absolute Gasteiger partial charge is 0.145 e. The number of nitrogens with zero attached hydrogens (tertiary/aromatic N) is 1. The van der Waals surface area contributed by atoms with Crippen molar-refractivity contribution in [2.24, 2.45) is 0 Å². The number of nitrogens with one attached hydrogen (secondary N) is 2. The molecule has 4 nitrogen and oxygen atoms in total. The molecule has 1 aromatic heterocycles. The van der Waals surface area contributed by atoms with E-state index in [4.69, 9.17) is 4.84 Å². The van der Waals surface area contributed by atoms with Gasteiger partial charge in [-0.2, -0.15) is 0 Å². The van der Waals surface area contributed by atoms with Crippen LogP contribution < -0.4 is 10.8 Å². The number of H-pyrrole nitrogens is 1. The summed E-state index contributed by atoms with van der Waals surface area (Å²) in [6.07, 6.45) is -0.0533. The van der Waals surface area contributed by atoms with E-state index in [9.17, 15) is 0 Å². The number of hydrogen-bond donors (Lipinski definition) is 2. The number of hydroxylamine groups is 1. The largest absolute Gasteiger partial charge is 0.356 e. The Morgan fingerprint density at radius 3 is 3.07 bits per heavy atom. The third kappa shape index (κ3) is 1.21. The molecule has 1 fully saturated rings. The van der Waals surface area contributed by atoms with Crippen LogP contribution in [0.2, 0.25) is 0 Å².